The van der Waals surface area contributed by atoms with E-state index in [2.05, 4.69) is 23.1 Å². The van der Waals surface area contributed by atoms with Crippen LogP contribution in [-0.4, -0.2) is 30.6 Å². The minimum atomic E-state index is -0.452. The lowest BCUT2D eigenvalue weighted by atomic mass is 10.2. The van der Waals surface area contributed by atoms with Gasteiger partial charge in [-0.3, -0.25) is 25.8 Å². The number of rotatable bonds is 6. The van der Waals surface area contributed by atoms with Gasteiger partial charge < -0.3 is 9.47 Å². The number of hydrogen-bond donors (Lipinski definition) is 3. The lowest BCUT2D eigenvalue weighted by molar-refractivity contribution is -0.123. The number of aryl methyl sites for hydroxylation is 1. The van der Waals surface area contributed by atoms with Crippen molar-refractivity contribution in [3.05, 3.63) is 59.7 Å². The van der Waals surface area contributed by atoms with Gasteiger partial charge in [0.05, 0.1) is 12.7 Å². The van der Waals surface area contributed by atoms with Crippen molar-refractivity contribution in [3.63, 3.8) is 0 Å². The lowest BCUT2D eigenvalue weighted by Crippen LogP contribution is -2.49. The summed E-state index contributed by atoms with van der Waals surface area (Å²) in [5.74, 6) is 0.119. The Morgan fingerprint density at radius 2 is 1.74 bits per heavy atom. The minimum absolute atomic E-state index is 0.0495. The van der Waals surface area contributed by atoms with Gasteiger partial charge in [0.25, 0.3) is 11.8 Å². The minimum Gasteiger partial charge on any atom is -0.496 e. The summed E-state index contributed by atoms with van der Waals surface area (Å²) in [6, 6.07) is 14.2. The number of amides is 2. The van der Waals surface area contributed by atoms with Gasteiger partial charge >= 0.3 is 0 Å². The SMILES string of the molecule is CCc1ccc(OCC(=O)NNC(=S)NC(=O)c2ccccc2OC)cc1. The van der Waals surface area contributed by atoms with E-state index in [9.17, 15) is 9.59 Å². The van der Waals surface area contributed by atoms with Gasteiger partial charge in [-0.05, 0) is 48.5 Å². The third kappa shape index (κ3) is 6.27. The lowest BCUT2D eigenvalue weighted by Gasteiger charge is -2.12. The summed E-state index contributed by atoms with van der Waals surface area (Å²) >= 11 is 4.99. The Labute approximate surface area is 163 Å². The zero-order chi connectivity index (χ0) is 19.6. The van der Waals surface area contributed by atoms with Crippen molar-refractivity contribution in [2.24, 2.45) is 0 Å². The number of carbonyl (C=O) groups is 2. The van der Waals surface area contributed by atoms with E-state index in [1.54, 1.807) is 36.4 Å². The molecule has 0 unspecified atom stereocenters. The highest BCUT2D eigenvalue weighted by Gasteiger charge is 2.13. The summed E-state index contributed by atoms with van der Waals surface area (Å²) in [6.45, 7) is 1.87. The number of methoxy groups -OCH3 is 1. The molecule has 0 saturated carbocycles. The zero-order valence-corrected chi connectivity index (χ0v) is 15.9. The molecule has 142 valence electrons. The number of carbonyl (C=O) groups excluding carboxylic acids is 2. The molecule has 0 aliphatic rings. The van der Waals surface area contributed by atoms with E-state index < -0.39 is 11.8 Å². The molecule has 0 spiro atoms. The number of thiocarbonyl (C=S) groups is 1. The fourth-order valence-electron chi connectivity index (χ4n) is 2.17. The maximum atomic E-state index is 12.2. The van der Waals surface area contributed by atoms with Crippen LogP contribution in [0.5, 0.6) is 11.5 Å². The van der Waals surface area contributed by atoms with Gasteiger partial charge in [-0.25, -0.2) is 0 Å². The van der Waals surface area contributed by atoms with Gasteiger partial charge in [0, 0.05) is 0 Å². The van der Waals surface area contributed by atoms with E-state index in [1.165, 1.54) is 12.7 Å². The number of hydrogen-bond acceptors (Lipinski definition) is 5. The molecule has 0 heterocycles. The van der Waals surface area contributed by atoms with E-state index in [0.717, 1.165) is 6.42 Å². The van der Waals surface area contributed by atoms with Crippen molar-refractivity contribution >= 4 is 29.1 Å². The first-order valence-corrected chi connectivity index (χ1v) is 8.69. The van der Waals surface area contributed by atoms with Gasteiger partial charge in [0.1, 0.15) is 11.5 Å². The number of ether oxygens (including phenoxy) is 2. The van der Waals surface area contributed by atoms with Crippen molar-refractivity contribution in [2.45, 2.75) is 13.3 Å². The van der Waals surface area contributed by atoms with Gasteiger partial charge in [0.15, 0.2) is 11.7 Å². The molecule has 2 aromatic carbocycles. The molecule has 3 N–H and O–H groups in total. The van der Waals surface area contributed by atoms with Crippen LogP contribution in [0, 0.1) is 0 Å². The van der Waals surface area contributed by atoms with Gasteiger partial charge in [-0.2, -0.15) is 0 Å². The summed E-state index contributed by atoms with van der Waals surface area (Å²) < 4.78 is 10.5. The Kier molecular flexibility index (Phi) is 7.57. The van der Waals surface area contributed by atoms with E-state index in [-0.39, 0.29) is 11.7 Å². The molecule has 2 amide bonds. The van der Waals surface area contributed by atoms with Crippen molar-refractivity contribution < 1.29 is 19.1 Å². The molecule has 0 aliphatic carbocycles. The summed E-state index contributed by atoms with van der Waals surface area (Å²) in [5.41, 5.74) is 6.33. The quantitative estimate of drug-likeness (QED) is 0.519. The number of nitrogens with one attached hydrogen (secondary N) is 3. The fraction of sp³-hybridized carbons (Fsp3) is 0.211. The third-order valence-electron chi connectivity index (χ3n) is 3.60. The molecule has 8 heteroatoms. The maximum absolute atomic E-state index is 12.2. The third-order valence-corrected chi connectivity index (χ3v) is 3.80. The Balaban J connectivity index is 1.75. The largest absolute Gasteiger partial charge is 0.496 e. The highest BCUT2D eigenvalue weighted by Crippen LogP contribution is 2.16. The summed E-state index contributed by atoms with van der Waals surface area (Å²) in [4.78, 5) is 24.0. The zero-order valence-electron chi connectivity index (χ0n) is 15.1. The summed E-state index contributed by atoms with van der Waals surface area (Å²) in [6.07, 6.45) is 0.933. The van der Waals surface area contributed by atoms with Crippen LogP contribution in [0.1, 0.15) is 22.8 Å². The molecule has 0 radical (unpaired) electrons. The standard InChI is InChI=1S/C19H21N3O4S/c1-3-13-8-10-14(11-9-13)26-12-17(23)21-22-19(27)20-18(24)15-6-4-5-7-16(15)25-2/h4-11H,3,12H2,1-2H3,(H,21,23)(H2,20,22,24,27). The molecule has 0 saturated heterocycles. The number of benzene rings is 2. The van der Waals surface area contributed by atoms with Crippen LogP contribution >= 0.6 is 12.2 Å². The average molecular weight is 387 g/mol. The first-order chi connectivity index (χ1) is 13.0. The predicted octanol–water partition coefficient (Wildman–Crippen LogP) is 1.97. The van der Waals surface area contributed by atoms with E-state index in [4.69, 9.17) is 21.7 Å². The first-order valence-electron chi connectivity index (χ1n) is 8.28. The van der Waals surface area contributed by atoms with Crippen LogP contribution in [0.25, 0.3) is 0 Å². The van der Waals surface area contributed by atoms with Crippen LogP contribution < -0.4 is 25.6 Å². The molecular weight excluding hydrogens is 366 g/mol. The number of para-hydroxylation sites is 1. The van der Waals surface area contributed by atoms with Crippen molar-refractivity contribution in [2.75, 3.05) is 13.7 Å². The second-order valence-electron chi connectivity index (χ2n) is 5.44. The molecule has 0 fully saturated rings. The predicted molar refractivity (Wildman–Crippen MR) is 106 cm³/mol. The molecule has 27 heavy (non-hydrogen) atoms. The smallest absolute Gasteiger partial charge is 0.276 e. The van der Waals surface area contributed by atoms with Gasteiger partial charge in [-0.1, -0.05) is 31.2 Å². The topological polar surface area (TPSA) is 88.7 Å². The highest BCUT2D eigenvalue weighted by molar-refractivity contribution is 7.80. The second-order valence-corrected chi connectivity index (χ2v) is 5.85. The van der Waals surface area contributed by atoms with Gasteiger partial charge in [0.2, 0.25) is 0 Å². The average Bonchev–Trinajstić information content (AvgIpc) is 2.70. The summed E-state index contributed by atoms with van der Waals surface area (Å²) in [5, 5.41) is 2.41. The highest BCUT2D eigenvalue weighted by atomic mass is 32.1. The van der Waals surface area contributed by atoms with Crippen molar-refractivity contribution in [1.82, 2.24) is 16.2 Å². The fourth-order valence-corrected chi connectivity index (χ4v) is 2.31. The van der Waals surface area contributed by atoms with Crippen LogP contribution in [0.3, 0.4) is 0 Å². The molecule has 7 nitrogen and oxygen atoms in total. The van der Waals surface area contributed by atoms with Gasteiger partial charge in [-0.15, -0.1) is 0 Å². The van der Waals surface area contributed by atoms with Crippen LogP contribution in [0.15, 0.2) is 48.5 Å². The first kappa shape index (κ1) is 20.2. The Morgan fingerprint density at radius 3 is 2.41 bits per heavy atom. The van der Waals surface area contributed by atoms with E-state index in [1.807, 2.05) is 12.1 Å². The maximum Gasteiger partial charge on any atom is 0.276 e. The van der Waals surface area contributed by atoms with Crippen LogP contribution in [-0.2, 0) is 11.2 Å². The Hall–Kier alpha value is -3.13. The molecular formula is C19H21N3O4S. The molecule has 2 rings (SSSR count). The van der Waals surface area contributed by atoms with Crippen molar-refractivity contribution in [1.29, 1.82) is 0 Å². The molecule has 0 bridgehead atoms. The van der Waals surface area contributed by atoms with E-state index in [0.29, 0.717) is 17.1 Å². The molecule has 0 aliphatic heterocycles. The molecule has 0 atom stereocenters. The van der Waals surface area contributed by atoms with Crippen LogP contribution in [0.2, 0.25) is 0 Å². The Bertz CT molecular complexity index is 809. The second kappa shape index (κ2) is 10.1. The normalized spacial score (nSPS) is 9.85. The molecule has 2 aromatic rings. The monoisotopic (exact) mass is 387 g/mol. The van der Waals surface area contributed by atoms with Crippen molar-refractivity contribution in [3.8, 4) is 11.5 Å². The molecule has 0 aromatic heterocycles. The summed E-state index contributed by atoms with van der Waals surface area (Å²) in [7, 11) is 1.47. The Morgan fingerprint density at radius 1 is 1.04 bits per heavy atom. The number of hydrazine groups is 1. The van der Waals surface area contributed by atoms with Crippen LogP contribution in [0.4, 0.5) is 0 Å². The van der Waals surface area contributed by atoms with E-state index >= 15 is 0 Å².